The molecule has 3 unspecified atom stereocenters. The molecule has 1 aromatic heterocycles. The Balaban J connectivity index is 1.89. The molecular weight excluding hydrogens is 216 g/mol. The monoisotopic (exact) mass is 236 g/mol. The lowest BCUT2D eigenvalue weighted by Crippen LogP contribution is -2.49. The number of rotatable bonds is 2. The normalized spacial score (nSPS) is 33.9. The van der Waals surface area contributed by atoms with Gasteiger partial charge in [-0.25, -0.2) is 4.98 Å². The Kier molecular flexibility index (Phi) is 2.90. The fourth-order valence-electron chi connectivity index (χ4n) is 3.17. The fourth-order valence-corrected chi connectivity index (χ4v) is 3.17. The molecule has 5 nitrogen and oxygen atoms in total. The number of hydrogen-bond acceptors (Lipinski definition) is 4. The second-order valence-electron chi connectivity index (χ2n) is 5.18. The predicted octanol–water partition coefficient (Wildman–Crippen LogP) is 0.0516. The van der Waals surface area contributed by atoms with E-state index in [1.165, 1.54) is 18.5 Å². The number of aromatic nitrogens is 2. The molecule has 5 heteroatoms. The molecule has 3 heterocycles. The van der Waals surface area contributed by atoms with Gasteiger partial charge in [-0.15, -0.1) is 0 Å². The molecule has 1 aromatic rings. The molecule has 0 radical (unpaired) electrons. The second-order valence-corrected chi connectivity index (χ2v) is 5.18. The number of aliphatic hydroxyl groups excluding tert-OH is 1. The first-order chi connectivity index (χ1) is 8.29. The van der Waals surface area contributed by atoms with Crippen molar-refractivity contribution in [3.05, 3.63) is 17.7 Å². The topological polar surface area (TPSA) is 64.2 Å². The van der Waals surface area contributed by atoms with Crippen LogP contribution in [-0.4, -0.2) is 52.3 Å². The highest BCUT2D eigenvalue weighted by Gasteiger charge is 2.37. The number of imidazole rings is 1. The summed E-state index contributed by atoms with van der Waals surface area (Å²) in [7, 11) is 2.17. The summed E-state index contributed by atoms with van der Waals surface area (Å²) in [6, 6.07) is 0.919. The maximum absolute atomic E-state index is 9.37. The Morgan fingerprint density at radius 3 is 3.18 bits per heavy atom. The third-order valence-corrected chi connectivity index (χ3v) is 4.09. The van der Waals surface area contributed by atoms with Gasteiger partial charge in [0.2, 0.25) is 0 Å². The molecular formula is C12H20N4O. The molecule has 0 spiro atoms. The fraction of sp³-hybridized carbons (Fsp3) is 0.750. The summed E-state index contributed by atoms with van der Waals surface area (Å²) in [5.41, 5.74) is 2.33. The van der Waals surface area contributed by atoms with Crippen LogP contribution in [0.2, 0.25) is 0 Å². The van der Waals surface area contributed by atoms with Crippen LogP contribution in [0.25, 0.3) is 0 Å². The Labute approximate surface area is 101 Å². The highest BCUT2D eigenvalue weighted by molar-refractivity contribution is 5.23. The van der Waals surface area contributed by atoms with E-state index in [0.717, 1.165) is 18.7 Å². The molecule has 0 amide bonds. The molecule has 0 bridgehead atoms. The zero-order valence-electron chi connectivity index (χ0n) is 10.2. The first-order valence-electron chi connectivity index (χ1n) is 6.39. The zero-order chi connectivity index (χ0) is 11.8. The minimum absolute atomic E-state index is 0.155. The molecule has 3 rings (SSSR count). The number of aliphatic hydroxyl groups is 1. The molecule has 2 aliphatic rings. The second kappa shape index (κ2) is 4.40. The first-order valence-corrected chi connectivity index (χ1v) is 6.39. The molecule has 3 N–H and O–H groups in total. The Morgan fingerprint density at radius 1 is 1.59 bits per heavy atom. The smallest absolute Gasteiger partial charge is 0.0925 e. The Hall–Kier alpha value is -0.910. The molecule has 1 fully saturated rings. The van der Waals surface area contributed by atoms with E-state index in [9.17, 15) is 5.11 Å². The van der Waals surface area contributed by atoms with Crippen LogP contribution in [0.4, 0.5) is 0 Å². The summed E-state index contributed by atoms with van der Waals surface area (Å²) in [4.78, 5) is 10.1. The number of likely N-dealkylation sites (tertiary alicyclic amines) is 1. The first kappa shape index (κ1) is 11.2. The molecule has 3 atom stereocenters. The maximum Gasteiger partial charge on any atom is 0.0925 e. The van der Waals surface area contributed by atoms with E-state index in [2.05, 4.69) is 27.2 Å². The summed E-state index contributed by atoms with van der Waals surface area (Å²) in [5, 5.41) is 12.9. The molecule has 17 heavy (non-hydrogen) atoms. The van der Waals surface area contributed by atoms with Gasteiger partial charge in [-0.3, -0.25) is 0 Å². The van der Waals surface area contributed by atoms with E-state index in [-0.39, 0.29) is 18.7 Å². The van der Waals surface area contributed by atoms with Crippen LogP contribution in [0.5, 0.6) is 0 Å². The number of hydrogen-bond donors (Lipinski definition) is 3. The van der Waals surface area contributed by atoms with Crippen molar-refractivity contribution in [2.45, 2.75) is 37.4 Å². The van der Waals surface area contributed by atoms with Gasteiger partial charge in [-0.2, -0.15) is 0 Å². The SMILES string of the molecule is CN1CCCC1C1NC(CO)Cc2[nH]cnc21. The van der Waals surface area contributed by atoms with Gasteiger partial charge in [0.05, 0.1) is 24.7 Å². The quantitative estimate of drug-likeness (QED) is 0.679. The lowest BCUT2D eigenvalue weighted by Gasteiger charge is -2.35. The summed E-state index contributed by atoms with van der Waals surface area (Å²) >= 11 is 0. The van der Waals surface area contributed by atoms with Crippen LogP contribution >= 0.6 is 0 Å². The number of aromatic amines is 1. The molecule has 0 saturated carbocycles. The van der Waals surface area contributed by atoms with Gasteiger partial charge in [0.15, 0.2) is 0 Å². The van der Waals surface area contributed by atoms with Gasteiger partial charge in [0.1, 0.15) is 0 Å². The van der Waals surface area contributed by atoms with Crippen molar-refractivity contribution >= 4 is 0 Å². The maximum atomic E-state index is 9.37. The van der Waals surface area contributed by atoms with Crippen LogP contribution in [0.3, 0.4) is 0 Å². The average molecular weight is 236 g/mol. The number of H-pyrrole nitrogens is 1. The summed E-state index contributed by atoms with van der Waals surface area (Å²) < 4.78 is 0. The van der Waals surface area contributed by atoms with E-state index < -0.39 is 0 Å². The van der Waals surface area contributed by atoms with E-state index in [0.29, 0.717) is 6.04 Å². The third-order valence-electron chi connectivity index (χ3n) is 4.09. The minimum atomic E-state index is 0.155. The van der Waals surface area contributed by atoms with Gasteiger partial charge < -0.3 is 20.3 Å². The van der Waals surface area contributed by atoms with Crippen LogP contribution in [0.1, 0.15) is 30.3 Å². The van der Waals surface area contributed by atoms with E-state index in [1.54, 1.807) is 6.33 Å². The predicted molar refractivity (Wildman–Crippen MR) is 64.7 cm³/mol. The van der Waals surface area contributed by atoms with E-state index in [4.69, 9.17) is 0 Å². The van der Waals surface area contributed by atoms with E-state index >= 15 is 0 Å². The lowest BCUT2D eigenvalue weighted by molar-refractivity contribution is 0.178. The number of nitrogens with one attached hydrogen (secondary N) is 2. The summed E-state index contributed by atoms with van der Waals surface area (Å²) in [6.07, 6.45) is 5.08. The largest absolute Gasteiger partial charge is 0.395 e. The van der Waals surface area contributed by atoms with Gasteiger partial charge in [-0.05, 0) is 26.4 Å². The highest BCUT2D eigenvalue weighted by atomic mass is 16.3. The number of nitrogens with zero attached hydrogens (tertiary/aromatic N) is 2. The average Bonchev–Trinajstić information content (AvgIpc) is 2.95. The van der Waals surface area contributed by atoms with Crippen molar-refractivity contribution in [1.29, 1.82) is 0 Å². The number of fused-ring (bicyclic) bond motifs is 1. The van der Waals surface area contributed by atoms with Crippen molar-refractivity contribution in [3.63, 3.8) is 0 Å². The van der Waals surface area contributed by atoms with Crippen molar-refractivity contribution < 1.29 is 5.11 Å². The standard InChI is InChI=1S/C12H20N4O/c1-16-4-2-3-10(16)12-11-9(13-7-14-11)5-8(6-17)15-12/h7-8,10,12,15,17H,2-6H2,1H3,(H,13,14). The third kappa shape index (κ3) is 1.88. The van der Waals surface area contributed by atoms with Gasteiger partial charge >= 0.3 is 0 Å². The van der Waals surface area contributed by atoms with Crippen molar-refractivity contribution in [2.24, 2.45) is 0 Å². The molecule has 94 valence electrons. The van der Waals surface area contributed by atoms with Crippen LogP contribution in [-0.2, 0) is 6.42 Å². The van der Waals surface area contributed by atoms with Crippen molar-refractivity contribution in [3.8, 4) is 0 Å². The van der Waals surface area contributed by atoms with Gasteiger partial charge in [0, 0.05) is 24.2 Å². The Morgan fingerprint density at radius 2 is 2.47 bits per heavy atom. The molecule has 0 aliphatic carbocycles. The number of likely N-dealkylation sites (N-methyl/N-ethyl adjacent to an activating group) is 1. The van der Waals surface area contributed by atoms with Gasteiger partial charge in [-0.1, -0.05) is 0 Å². The van der Waals surface area contributed by atoms with Crippen LogP contribution in [0, 0.1) is 0 Å². The zero-order valence-corrected chi connectivity index (χ0v) is 10.2. The molecule has 0 aromatic carbocycles. The van der Waals surface area contributed by atoms with Crippen molar-refractivity contribution in [2.75, 3.05) is 20.2 Å². The molecule has 2 aliphatic heterocycles. The lowest BCUT2D eigenvalue weighted by atomic mass is 9.93. The van der Waals surface area contributed by atoms with Crippen LogP contribution in [0.15, 0.2) is 6.33 Å². The Bertz CT molecular complexity index is 392. The van der Waals surface area contributed by atoms with E-state index in [1.807, 2.05) is 0 Å². The molecule has 1 saturated heterocycles. The van der Waals surface area contributed by atoms with Crippen molar-refractivity contribution in [1.82, 2.24) is 20.2 Å². The summed E-state index contributed by atoms with van der Waals surface area (Å²) in [6.45, 7) is 1.35. The van der Waals surface area contributed by atoms with Gasteiger partial charge in [0.25, 0.3) is 0 Å². The minimum Gasteiger partial charge on any atom is -0.395 e. The summed E-state index contributed by atoms with van der Waals surface area (Å²) in [5.74, 6) is 0. The van der Waals surface area contributed by atoms with Crippen LogP contribution < -0.4 is 5.32 Å². The highest BCUT2D eigenvalue weighted by Crippen LogP contribution is 2.32.